The highest BCUT2D eigenvalue weighted by Crippen LogP contribution is 2.15. The maximum absolute atomic E-state index is 10.9. The lowest BCUT2D eigenvalue weighted by molar-refractivity contribution is -0.114. The Kier molecular flexibility index (Phi) is 13.5. The van der Waals surface area contributed by atoms with Crippen LogP contribution in [0.3, 0.4) is 0 Å². The second-order valence-electron chi connectivity index (χ2n) is 2.68. The minimum absolute atomic E-state index is 0.198. The minimum Gasteiger partial charge on any atom is -0.294 e. The molecule has 0 bridgehead atoms. The Balaban J connectivity index is 0. The number of hydrogen-bond acceptors (Lipinski definition) is 1. The van der Waals surface area contributed by atoms with Gasteiger partial charge in [-0.25, -0.2) is 0 Å². The summed E-state index contributed by atoms with van der Waals surface area (Å²) in [6.45, 7) is 12.0. The normalized spacial score (nSPS) is 10.6. The molecular formula is C16H26O. The van der Waals surface area contributed by atoms with Gasteiger partial charge in [0.25, 0.3) is 0 Å². The Morgan fingerprint density at radius 3 is 1.94 bits per heavy atom. The first-order valence-electron chi connectivity index (χ1n) is 6.65. The summed E-state index contributed by atoms with van der Waals surface area (Å²) in [5.74, 6) is 0.198. The maximum atomic E-state index is 10.9. The molecule has 0 spiro atoms. The zero-order valence-corrected chi connectivity index (χ0v) is 12.1. The van der Waals surface area contributed by atoms with Gasteiger partial charge >= 0.3 is 0 Å². The van der Waals surface area contributed by atoms with Gasteiger partial charge in [0, 0.05) is 6.42 Å². The fraction of sp³-hybridized carbons (Fsp3) is 0.438. The summed E-state index contributed by atoms with van der Waals surface area (Å²) >= 11 is 0. The molecule has 1 aromatic carbocycles. The van der Waals surface area contributed by atoms with E-state index in [2.05, 4.69) is 0 Å². The van der Waals surface area contributed by atoms with E-state index in [0.29, 0.717) is 6.42 Å². The van der Waals surface area contributed by atoms with E-state index >= 15 is 0 Å². The van der Waals surface area contributed by atoms with Crippen LogP contribution in [0.2, 0.25) is 0 Å². The van der Waals surface area contributed by atoms with E-state index in [1.54, 1.807) is 6.08 Å². The minimum atomic E-state index is 0.198. The molecular weight excluding hydrogens is 208 g/mol. The van der Waals surface area contributed by atoms with E-state index in [4.69, 9.17) is 0 Å². The van der Waals surface area contributed by atoms with Crippen molar-refractivity contribution in [2.45, 2.75) is 48.0 Å². The highest BCUT2D eigenvalue weighted by molar-refractivity contribution is 5.98. The van der Waals surface area contributed by atoms with Crippen LogP contribution in [-0.4, -0.2) is 5.78 Å². The lowest BCUT2D eigenvalue weighted by Crippen LogP contribution is -2.04. The van der Waals surface area contributed by atoms with Crippen LogP contribution in [0.1, 0.15) is 52.7 Å². The van der Waals surface area contributed by atoms with E-state index in [0.717, 1.165) is 5.56 Å². The third-order valence-corrected chi connectivity index (χ3v) is 1.87. The zero-order valence-electron chi connectivity index (χ0n) is 12.1. The fourth-order valence-corrected chi connectivity index (χ4v) is 1.29. The van der Waals surface area contributed by atoms with Gasteiger partial charge in [-0.15, -0.1) is 0 Å². The number of ketones is 1. The van der Waals surface area contributed by atoms with Crippen LogP contribution in [0.15, 0.2) is 30.3 Å². The van der Waals surface area contributed by atoms with Gasteiger partial charge in [-0.2, -0.15) is 0 Å². The second kappa shape index (κ2) is 12.7. The quantitative estimate of drug-likeness (QED) is 0.623. The molecule has 0 amide bonds. The van der Waals surface area contributed by atoms with Crippen molar-refractivity contribution in [3.05, 3.63) is 41.5 Å². The molecule has 1 nitrogen and oxygen atoms in total. The van der Waals surface area contributed by atoms with Gasteiger partial charge in [-0.05, 0) is 17.2 Å². The summed E-state index contributed by atoms with van der Waals surface area (Å²) in [5, 5.41) is 0. The van der Waals surface area contributed by atoms with Crippen LogP contribution in [0.5, 0.6) is 0 Å². The largest absolute Gasteiger partial charge is 0.294 e. The first-order chi connectivity index (χ1) is 8.36. The molecule has 1 heteroatoms. The molecule has 0 saturated carbocycles. The predicted molar refractivity (Wildman–Crippen MR) is 78.2 cm³/mol. The highest BCUT2D eigenvalue weighted by atomic mass is 16.1. The molecule has 0 N–H and O–H groups in total. The van der Waals surface area contributed by atoms with Gasteiger partial charge in [0.15, 0.2) is 5.78 Å². The SMILES string of the molecule is CC.CC.CC.O=C1C=Cc2ccccc2C1. The van der Waals surface area contributed by atoms with E-state index in [1.807, 2.05) is 71.9 Å². The van der Waals surface area contributed by atoms with E-state index in [1.165, 1.54) is 5.56 Å². The van der Waals surface area contributed by atoms with Crippen LogP contribution in [-0.2, 0) is 11.2 Å². The van der Waals surface area contributed by atoms with Crippen molar-refractivity contribution in [1.29, 1.82) is 0 Å². The molecule has 0 atom stereocenters. The number of fused-ring (bicyclic) bond motifs is 1. The van der Waals surface area contributed by atoms with Crippen LogP contribution in [0.4, 0.5) is 0 Å². The molecule has 0 heterocycles. The molecule has 2 rings (SSSR count). The van der Waals surface area contributed by atoms with Crippen molar-refractivity contribution in [1.82, 2.24) is 0 Å². The fourth-order valence-electron chi connectivity index (χ4n) is 1.29. The Hall–Kier alpha value is -1.37. The third-order valence-electron chi connectivity index (χ3n) is 1.87. The van der Waals surface area contributed by atoms with Crippen molar-refractivity contribution in [3.63, 3.8) is 0 Å². The summed E-state index contributed by atoms with van der Waals surface area (Å²) in [6.07, 6.45) is 4.08. The molecule has 0 unspecified atom stereocenters. The number of hydrogen-bond donors (Lipinski definition) is 0. The molecule has 0 radical (unpaired) electrons. The van der Waals surface area contributed by atoms with Gasteiger partial charge in [0.05, 0.1) is 0 Å². The summed E-state index contributed by atoms with van der Waals surface area (Å²) in [6, 6.07) is 7.97. The molecule has 0 saturated heterocycles. The van der Waals surface area contributed by atoms with Crippen molar-refractivity contribution in [3.8, 4) is 0 Å². The summed E-state index contributed by atoms with van der Waals surface area (Å²) in [7, 11) is 0. The maximum Gasteiger partial charge on any atom is 0.160 e. The first-order valence-corrected chi connectivity index (χ1v) is 6.65. The van der Waals surface area contributed by atoms with Crippen LogP contribution >= 0.6 is 0 Å². The van der Waals surface area contributed by atoms with Gasteiger partial charge < -0.3 is 0 Å². The second-order valence-corrected chi connectivity index (χ2v) is 2.68. The molecule has 1 aliphatic rings. The van der Waals surface area contributed by atoms with Crippen LogP contribution < -0.4 is 0 Å². The summed E-state index contributed by atoms with van der Waals surface area (Å²) < 4.78 is 0. The Morgan fingerprint density at radius 1 is 0.824 bits per heavy atom. The lowest BCUT2D eigenvalue weighted by Gasteiger charge is -2.07. The van der Waals surface area contributed by atoms with Crippen molar-refractivity contribution >= 4 is 11.9 Å². The summed E-state index contributed by atoms with van der Waals surface area (Å²) in [5.41, 5.74) is 2.31. The molecule has 0 aromatic heterocycles. The Morgan fingerprint density at radius 2 is 1.35 bits per heavy atom. The van der Waals surface area contributed by atoms with E-state index in [9.17, 15) is 4.79 Å². The number of rotatable bonds is 0. The number of carbonyl (C=O) groups excluding carboxylic acids is 1. The number of carbonyl (C=O) groups is 1. The van der Waals surface area contributed by atoms with Gasteiger partial charge in [-0.1, -0.05) is 71.9 Å². The highest BCUT2D eigenvalue weighted by Gasteiger charge is 2.07. The van der Waals surface area contributed by atoms with Crippen molar-refractivity contribution < 1.29 is 4.79 Å². The summed E-state index contributed by atoms with van der Waals surface area (Å²) in [4.78, 5) is 10.9. The lowest BCUT2D eigenvalue weighted by atomic mass is 9.97. The van der Waals surface area contributed by atoms with E-state index in [-0.39, 0.29) is 5.78 Å². The average Bonchev–Trinajstić information content (AvgIpc) is 2.45. The molecule has 1 aromatic rings. The van der Waals surface area contributed by atoms with Gasteiger partial charge in [0.1, 0.15) is 0 Å². The first kappa shape index (κ1) is 18.0. The number of allylic oxidation sites excluding steroid dienone is 1. The smallest absolute Gasteiger partial charge is 0.160 e. The van der Waals surface area contributed by atoms with E-state index < -0.39 is 0 Å². The topological polar surface area (TPSA) is 17.1 Å². The molecule has 96 valence electrons. The van der Waals surface area contributed by atoms with Gasteiger partial charge in [0.2, 0.25) is 0 Å². The zero-order chi connectivity index (χ0) is 13.7. The molecule has 1 aliphatic carbocycles. The molecule has 17 heavy (non-hydrogen) atoms. The van der Waals surface area contributed by atoms with Crippen molar-refractivity contribution in [2.75, 3.05) is 0 Å². The van der Waals surface area contributed by atoms with Crippen molar-refractivity contribution in [2.24, 2.45) is 0 Å². The Bertz CT molecular complexity index is 324. The molecule has 0 aliphatic heterocycles. The van der Waals surface area contributed by atoms with Gasteiger partial charge in [-0.3, -0.25) is 4.79 Å². The number of benzene rings is 1. The van der Waals surface area contributed by atoms with Crippen LogP contribution in [0.25, 0.3) is 6.08 Å². The predicted octanol–water partition coefficient (Wildman–Crippen LogP) is 4.90. The average molecular weight is 234 g/mol. The molecule has 0 fully saturated rings. The Labute approximate surface area is 107 Å². The third kappa shape index (κ3) is 6.72. The monoisotopic (exact) mass is 234 g/mol. The standard InChI is InChI=1S/C10H8O.3C2H6/c11-10-6-5-8-3-1-2-4-9(8)7-10;3*1-2/h1-6H,7H2;3*1-2H3. The van der Waals surface area contributed by atoms with Crippen LogP contribution in [0, 0.1) is 0 Å².